The number of alkyl halides is 3. The summed E-state index contributed by atoms with van der Waals surface area (Å²) in [7, 11) is 0. The molecule has 0 aromatic heterocycles. The summed E-state index contributed by atoms with van der Waals surface area (Å²) in [4.78, 5) is 5.35. The Hall–Kier alpha value is -2.34. The van der Waals surface area contributed by atoms with Crippen LogP contribution < -0.4 is 0 Å². The fourth-order valence-electron chi connectivity index (χ4n) is 3.43. The van der Waals surface area contributed by atoms with Crippen molar-refractivity contribution in [3.63, 3.8) is 0 Å². The summed E-state index contributed by atoms with van der Waals surface area (Å²) in [6.07, 6.45) is -21.4. The van der Waals surface area contributed by atoms with Crippen LogP contribution in [-0.2, 0) is 30.5 Å². The standard InChI is InChI=1S/C29H37F3N2O/c1-4-23-17-25(11-12-26(23)18-34-14-5-15-34)21(3)33-35-19-22-8-13-27(28(16-22)29(30,31)32)24-9-6-20(2)7-10-24/h8,11-13,16-17,20,24H,4-7,9-10,14-15,18-19H2,1-3H3/b33-21+/i5D,6D2,7D2,9D2,10D2,14D2,15D2,18D2,19D2,20D. The number of rotatable bonds is 8. The predicted octanol–water partition coefficient (Wildman–Crippen LogP) is 7.71. The first-order valence-corrected chi connectivity index (χ1v) is 10.8. The Labute approximate surface area is 232 Å². The van der Waals surface area contributed by atoms with E-state index in [0.717, 1.165) is 0 Å². The fourth-order valence-corrected chi connectivity index (χ4v) is 3.43. The van der Waals surface area contributed by atoms with Crippen molar-refractivity contribution >= 4 is 5.71 Å². The summed E-state index contributed by atoms with van der Waals surface area (Å²) in [6, 6.07) is 5.36. The molecule has 1 heterocycles. The van der Waals surface area contributed by atoms with Gasteiger partial charge in [-0.15, -0.1) is 0 Å². The average Bonchev–Trinajstić information content (AvgIpc) is 3.01. The molecule has 0 unspecified atom stereocenters. The molecule has 0 bridgehead atoms. The number of hydrogen-bond acceptors (Lipinski definition) is 3. The summed E-state index contributed by atoms with van der Waals surface area (Å²) in [5.41, 5.74) is -3.54. The van der Waals surface area contributed by atoms with E-state index in [0.29, 0.717) is 24.0 Å². The molecule has 6 heteroatoms. The van der Waals surface area contributed by atoms with Crippen LogP contribution in [0.25, 0.3) is 0 Å². The van der Waals surface area contributed by atoms with Gasteiger partial charge in [-0.3, -0.25) is 4.90 Å². The van der Waals surface area contributed by atoms with Crippen LogP contribution in [0.5, 0.6) is 0 Å². The number of benzene rings is 2. The van der Waals surface area contributed by atoms with Gasteiger partial charge in [-0.1, -0.05) is 56.0 Å². The minimum absolute atomic E-state index is 0.0595. The van der Waals surface area contributed by atoms with E-state index in [-0.39, 0.29) is 34.9 Å². The van der Waals surface area contributed by atoms with Gasteiger partial charge in [0.25, 0.3) is 0 Å². The van der Waals surface area contributed by atoms with Crippen LogP contribution in [0.1, 0.15) is 117 Å². The maximum Gasteiger partial charge on any atom is 0.416 e. The minimum Gasteiger partial charge on any atom is -0.391 e. The molecule has 35 heavy (non-hydrogen) atoms. The zero-order valence-corrected chi connectivity index (χ0v) is 19.3. The number of nitrogens with zero attached hydrogens (tertiary/aromatic N) is 2. The quantitative estimate of drug-likeness (QED) is 0.272. The van der Waals surface area contributed by atoms with E-state index in [1.165, 1.54) is 25.1 Å². The molecule has 0 atom stereocenters. The number of halogens is 3. The Balaban J connectivity index is 1.72. The topological polar surface area (TPSA) is 24.8 Å². The summed E-state index contributed by atoms with van der Waals surface area (Å²) in [5, 5.41) is 3.70. The van der Waals surface area contributed by atoms with Crippen LogP contribution in [0.2, 0.25) is 0 Å². The second kappa shape index (κ2) is 11.2. The maximum absolute atomic E-state index is 14.6. The van der Waals surface area contributed by atoms with Gasteiger partial charge in [-0.2, -0.15) is 13.2 Å². The molecule has 0 amide bonds. The van der Waals surface area contributed by atoms with Crippen molar-refractivity contribution in [2.24, 2.45) is 11.0 Å². The lowest BCUT2D eigenvalue weighted by molar-refractivity contribution is -0.138. The van der Waals surface area contributed by atoms with E-state index in [1.807, 2.05) is 0 Å². The van der Waals surface area contributed by atoms with E-state index in [9.17, 15) is 13.2 Å². The summed E-state index contributed by atoms with van der Waals surface area (Å²) in [6.45, 7) is -7.56. The van der Waals surface area contributed by atoms with E-state index in [4.69, 9.17) is 29.5 Å². The third-order valence-corrected chi connectivity index (χ3v) is 5.35. The summed E-state index contributed by atoms with van der Waals surface area (Å²) in [5.74, 6) is -5.86. The van der Waals surface area contributed by atoms with Gasteiger partial charge in [-0.05, 0) is 97.2 Å². The Morgan fingerprint density at radius 2 is 1.89 bits per heavy atom. The molecule has 2 fully saturated rings. The minimum atomic E-state index is -5.42. The first kappa shape index (κ1) is 11.4. The van der Waals surface area contributed by atoms with Crippen molar-refractivity contribution in [1.82, 2.24) is 4.90 Å². The van der Waals surface area contributed by atoms with Crippen molar-refractivity contribution in [2.75, 3.05) is 13.0 Å². The van der Waals surface area contributed by atoms with Gasteiger partial charge in [0.15, 0.2) is 0 Å². The van der Waals surface area contributed by atoms with Crippen LogP contribution in [0, 0.1) is 5.89 Å². The number of hydrogen-bond donors (Lipinski definition) is 0. The van der Waals surface area contributed by atoms with Crippen molar-refractivity contribution in [2.45, 2.75) is 84.2 Å². The molecule has 1 saturated carbocycles. The Morgan fingerprint density at radius 3 is 2.57 bits per heavy atom. The van der Waals surface area contributed by atoms with Crippen LogP contribution in [0.15, 0.2) is 41.6 Å². The molecule has 0 N–H and O–H groups in total. The highest BCUT2D eigenvalue weighted by atomic mass is 19.4. The van der Waals surface area contributed by atoms with Crippen LogP contribution in [0.3, 0.4) is 0 Å². The van der Waals surface area contributed by atoms with Crippen molar-refractivity contribution in [3.8, 4) is 0 Å². The molecule has 3 nitrogen and oxygen atoms in total. The molecule has 4 rings (SSSR count). The molecule has 2 aromatic rings. The Morgan fingerprint density at radius 1 is 1.14 bits per heavy atom. The SMILES string of the molecule is [2H]C1C([2H])([2H])N(C([2H])([2H])c2ccc(/C(C)=N/OC([2H])([2H])c3ccc(C4C([2H])([2H])C([2H])([2H])C([2H])(C)C([2H])([2H])C4([2H])[2H])c(C(F)(F)F)c3)cc2CC)C1([2H])[2H]. The summed E-state index contributed by atoms with van der Waals surface area (Å²) < 4.78 is 193. The van der Waals surface area contributed by atoms with Gasteiger partial charge in [0.1, 0.15) is 6.56 Å². The molecule has 190 valence electrons. The number of aryl methyl sites for hydroxylation is 1. The van der Waals surface area contributed by atoms with Crippen molar-refractivity contribution in [3.05, 3.63) is 69.8 Å². The maximum atomic E-state index is 14.6. The second-order valence-corrected chi connectivity index (χ2v) is 7.84. The smallest absolute Gasteiger partial charge is 0.391 e. The average molecular weight is 505 g/mol. The molecular weight excluding hydrogens is 449 g/mol. The number of likely N-dealkylation sites (tertiary alicyclic amines) is 1. The molecule has 1 aliphatic heterocycles. The third kappa shape index (κ3) is 6.46. The largest absolute Gasteiger partial charge is 0.416 e. The molecule has 0 spiro atoms. The van der Waals surface area contributed by atoms with E-state index in [1.54, 1.807) is 6.92 Å². The zero-order valence-electron chi connectivity index (χ0n) is 37.3. The van der Waals surface area contributed by atoms with Crippen LogP contribution in [0.4, 0.5) is 13.2 Å². The Bertz CT molecular complexity index is 1750. The lowest BCUT2D eigenvalue weighted by Gasteiger charge is -2.31. The highest BCUT2D eigenvalue weighted by molar-refractivity contribution is 5.98. The van der Waals surface area contributed by atoms with Gasteiger partial charge < -0.3 is 4.84 Å². The summed E-state index contributed by atoms with van der Waals surface area (Å²) >= 11 is 0. The number of oxime groups is 1. The fraction of sp³-hybridized carbons (Fsp3) is 0.552. The first-order valence-electron chi connectivity index (χ1n) is 19.9. The first-order chi connectivity index (χ1) is 23.5. The normalized spacial score (nSPS) is 41.3. The molecular formula is C29H37F3N2O. The highest BCUT2D eigenvalue weighted by Crippen LogP contribution is 2.42. The predicted molar refractivity (Wildman–Crippen MR) is 135 cm³/mol. The van der Waals surface area contributed by atoms with Gasteiger partial charge in [0.2, 0.25) is 0 Å². The highest BCUT2D eigenvalue weighted by Gasteiger charge is 2.36. The van der Waals surface area contributed by atoms with Crippen LogP contribution in [-0.4, -0.2) is 23.6 Å². The lowest BCUT2D eigenvalue weighted by atomic mass is 9.78. The second-order valence-electron chi connectivity index (χ2n) is 7.84. The van der Waals surface area contributed by atoms with Crippen molar-refractivity contribution in [1.29, 1.82) is 0 Å². The Kier molecular flexibility index (Phi) is 3.62. The zero-order chi connectivity index (χ0) is 41.1. The molecule has 2 aromatic carbocycles. The van der Waals surface area contributed by atoms with Gasteiger partial charge in [-0.25, -0.2) is 0 Å². The molecule has 1 aliphatic carbocycles. The third-order valence-electron chi connectivity index (χ3n) is 5.35. The van der Waals surface area contributed by atoms with Gasteiger partial charge in [0, 0.05) is 28.4 Å². The lowest BCUT2D eigenvalue weighted by Crippen LogP contribution is -2.36. The van der Waals surface area contributed by atoms with Gasteiger partial charge >= 0.3 is 6.18 Å². The van der Waals surface area contributed by atoms with E-state index in [2.05, 4.69) is 5.16 Å². The monoisotopic (exact) mass is 504 g/mol. The van der Waals surface area contributed by atoms with E-state index >= 15 is 0 Å². The van der Waals surface area contributed by atoms with Gasteiger partial charge in [0.05, 0.1) is 14.0 Å². The van der Waals surface area contributed by atoms with E-state index < -0.39 is 92.6 Å². The molecule has 0 radical (unpaired) electrons. The van der Waals surface area contributed by atoms with Crippen molar-refractivity contribution < 1.29 is 42.7 Å². The molecule has 1 saturated heterocycles. The molecule has 2 aliphatic rings. The van der Waals surface area contributed by atoms with Crippen LogP contribution >= 0.6 is 0 Å².